The normalized spacial score (nSPS) is 10.5. The Kier molecular flexibility index (Phi) is 5.29. The Bertz CT molecular complexity index is 353. The minimum absolute atomic E-state index is 0.498. The summed E-state index contributed by atoms with van der Waals surface area (Å²) < 4.78 is 5.52. The minimum Gasteiger partial charge on any atom is -0.493 e. The largest absolute Gasteiger partial charge is 0.493 e. The summed E-state index contributed by atoms with van der Waals surface area (Å²) in [5.41, 5.74) is 0.498. The second kappa shape index (κ2) is 6.51. The number of benzene rings is 1. The van der Waals surface area contributed by atoms with Crippen molar-refractivity contribution < 1.29 is 9.53 Å². The van der Waals surface area contributed by atoms with Crippen LogP contribution in [-0.2, 0) is 0 Å². The molecule has 0 aliphatic carbocycles. The van der Waals surface area contributed by atoms with Crippen LogP contribution in [0.1, 0.15) is 16.8 Å². The first kappa shape index (κ1) is 13.0. The Balaban J connectivity index is 2.50. The predicted octanol–water partition coefficient (Wildman–Crippen LogP) is 2.48. The summed E-state index contributed by atoms with van der Waals surface area (Å²) in [5.74, 6) is 0.596. The van der Waals surface area contributed by atoms with E-state index in [4.69, 9.17) is 16.3 Å². The molecule has 0 bridgehead atoms. The van der Waals surface area contributed by atoms with Gasteiger partial charge in [-0.1, -0.05) is 11.6 Å². The van der Waals surface area contributed by atoms with Gasteiger partial charge in [0.1, 0.15) is 5.75 Å². The fourth-order valence-electron chi connectivity index (χ4n) is 1.31. The number of aldehydes is 1. The molecule has 0 N–H and O–H groups in total. The summed E-state index contributed by atoms with van der Waals surface area (Å²) in [7, 11) is 4.03. The smallest absolute Gasteiger partial charge is 0.153 e. The molecule has 0 aliphatic rings. The molecule has 0 saturated heterocycles. The Morgan fingerprint density at radius 1 is 1.44 bits per heavy atom. The Morgan fingerprint density at radius 3 is 2.81 bits per heavy atom. The fourth-order valence-corrected chi connectivity index (χ4v) is 1.49. The predicted molar refractivity (Wildman–Crippen MR) is 65.5 cm³/mol. The van der Waals surface area contributed by atoms with Crippen molar-refractivity contribution >= 4 is 17.9 Å². The first-order chi connectivity index (χ1) is 7.63. The van der Waals surface area contributed by atoms with E-state index in [2.05, 4.69) is 4.90 Å². The number of carbonyl (C=O) groups is 1. The van der Waals surface area contributed by atoms with Gasteiger partial charge in [-0.05, 0) is 38.7 Å². The SMILES string of the molecule is CN(C)CCCOc1ccc(Cl)cc1C=O. The van der Waals surface area contributed by atoms with Crippen LogP contribution < -0.4 is 4.74 Å². The van der Waals surface area contributed by atoms with Crippen LogP contribution in [0.2, 0.25) is 5.02 Å². The van der Waals surface area contributed by atoms with Gasteiger partial charge in [-0.2, -0.15) is 0 Å². The van der Waals surface area contributed by atoms with Crippen LogP contribution in [0, 0.1) is 0 Å². The summed E-state index contributed by atoms with van der Waals surface area (Å²) in [5, 5.41) is 0.544. The highest BCUT2D eigenvalue weighted by Gasteiger charge is 2.03. The van der Waals surface area contributed by atoms with Crippen molar-refractivity contribution in [3.05, 3.63) is 28.8 Å². The van der Waals surface area contributed by atoms with Crippen molar-refractivity contribution in [1.29, 1.82) is 0 Å². The number of hydrogen-bond acceptors (Lipinski definition) is 3. The lowest BCUT2D eigenvalue weighted by molar-refractivity contribution is 0.111. The van der Waals surface area contributed by atoms with Crippen LogP contribution in [0.5, 0.6) is 5.75 Å². The van der Waals surface area contributed by atoms with Crippen LogP contribution >= 0.6 is 11.6 Å². The van der Waals surface area contributed by atoms with Gasteiger partial charge in [-0.3, -0.25) is 4.79 Å². The zero-order chi connectivity index (χ0) is 12.0. The van der Waals surface area contributed by atoms with Crippen LogP contribution in [0.3, 0.4) is 0 Å². The average molecular weight is 242 g/mol. The molecule has 0 saturated carbocycles. The summed E-state index contributed by atoms with van der Waals surface area (Å²) in [4.78, 5) is 12.9. The molecule has 0 unspecified atom stereocenters. The molecule has 0 atom stereocenters. The molecular formula is C12H16ClNO2. The first-order valence-corrected chi connectivity index (χ1v) is 5.53. The lowest BCUT2D eigenvalue weighted by atomic mass is 10.2. The Hall–Kier alpha value is -1.06. The van der Waals surface area contributed by atoms with Crippen molar-refractivity contribution in [3.8, 4) is 5.75 Å². The molecule has 0 aliphatic heterocycles. The molecule has 16 heavy (non-hydrogen) atoms. The van der Waals surface area contributed by atoms with E-state index in [0.29, 0.717) is 22.9 Å². The van der Waals surface area contributed by atoms with Gasteiger partial charge in [0.2, 0.25) is 0 Å². The summed E-state index contributed by atoms with van der Waals surface area (Å²) in [6.07, 6.45) is 1.68. The number of nitrogens with zero attached hydrogens (tertiary/aromatic N) is 1. The molecule has 3 nitrogen and oxygen atoms in total. The highest BCUT2D eigenvalue weighted by molar-refractivity contribution is 6.30. The zero-order valence-corrected chi connectivity index (χ0v) is 10.3. The summed E-state index contributed by atoms with van der Waals surface area (Å²) >= 11 is 5.78. The van der Waals surface area contributed by atoms with Crippen LogP contribution in [0.4, 0.5) is 0 Å². The van der Waals surface area contributed by atoms with Gasteiger partial charge in [0.05, 0.1) is 12.2 Å². The second-order valence-corrected chi connectivity index (χ2v) is 4.24. The minimum atomic E-state index is 0.498. The van der Waals surface area contributed by atoms with Gasteiger partial charge >= 0.3 is 0 Å². The number of hydrogen-bond donors (Lipinski definition) is 0. The average Bonchev–Trinajstić information content (AvgIpc) is 2.25. The van der Waals surface area contributed by atoms with Crippen molar-refractivity contribution in [3.63, 3.8) is 0 Å². The molecule has 88 valence electrons. The molecular weight excluding hydrogens is 226 g/mol. The Morgan fingerprint density at radius 2 is 2.19 bits per heavy atom. The lowest BCUT2D eigenvalue weighted by Crippen LogP contribution is -2.15. The van der Waals surface area contributed by atoms with Crippen LogP contribution in [-0.4, -0.2) is 38.4 Å². The molecule has 1 aromatic carbocycles. The molecule has 0 spiro atoms. The molecule has 0 heterocycles. The zero-order valence-electron chi connectivity index (χ0n) is 9.57. The number of carbonyl (C=O) groups excluding carboxylic acids is 1. The number of ether oxygens (including phenoxy) is 1. The molecule has 1 rings (SSSR count). The van der Waals surface area contributed by atoms with Gasteiger partial charge in [-0.15, -0.1) is 0 Å². The van der Waals surface area contributed by atoms with E-state index < -0.39 is 0 Å². The molecule has 0 amide bonds. The maximum absolute atomic E-state index is 10.8. The fraction of sp³-hybridized carbons (Fsp3) is 0.417. The van der Waals surface area contributed by atoms with Gasteiger partial charge in [-0.25, -0.2) is 0 Å². The molecule has 4 heteroatoms. The van der Waals surface area contributed by atoms with Crippen molar-refractivity contribution in [2.45, 2.75) is 6.42 Å². The first-order valence-electron chi connectivity index (χ1n) is 5.15. The monoisotopic (exact) mass is 241 g/mol. The third-order valence-electron chi connectivity index (χ3n) is 2.11. The van der Waals surface area contributed by atoms with Gasteiger partial charge < -0.3 is 9.64 Å². The molecule has 1 aromatic rings. The number of halogens is 1. The van der Waals surface area contributed by atoms with E-state index in [-0.39, 0.29) is 0 Å². The standard InChI is InChI=1S/C12H16ClNO2/c1-14(2)6-3-7-16-12-5-4-11(13)8-10(12)9-15/h4-5,8-9H,3,6-7H2,1-2H3. The maximum Gasteiger partial charge on any atom is 0.153 e. The summed E-state index contributed by atoms with van der Waals surface area (Å²) in [6.45, 7) is 1.56. The van der Waals surface area contributed by atoms with E-state index in [1.807, 2.05) is 14.1 Å². The number of rotatable bonds is 6. The second-order valence-electron chi connectivity index (χ2n) is 3.81. The Labute approximate surface area is 101 Å². The van der Waals surface area contributed by atoms with E-state index in [1.165, 1.54) is 0 Å². The maximum atomic E-state index is 10.8. The molecule has 0 fully saturated rings. The van der Waals surface area contributed by atoms with Gasteiger partial charge in [0.25, 0.3) is 0 Å². The molecule has 0 radical (unpaired) electrons. The van der Waals surface area contributed by atoms with Crippen molar-refractivity contribution in [2.24, 2.45) is 0 Å². The quantitative estimate of drug-likeness (QED) is 0.566. The van der Waals surface area contributed by atoms with Gasteiger partial charge in [0.15, 0.2) is 6.29 Å². The lowest BCUT2D eigenvalue weighted by Gasteiger charge is -2.11. The summed E-state index contributed by atoms with van der Waals surface area (Å²) in [6, 6.07) is 5.05. The van der Waals surface area contributed by atoms with E-state index in [9.17, 15) is 4.79 Å². The topological polar surface area (TPSA) is 29.5 Å². The highest BCUT2D eigenvalue weighted by atomic mass is 35.5. The van der Waals surface area contributed by atoms with E-state index >= 15 is 0 Å². The highest BCUT2D eigenvalue weighted by Crippen LogP contribution is 2.21. The third-order valence-corrected chi connectivity index (χ3v) is 2.34. The van der Waals surface area contributed by atoms with Crippen molar-refractivity contribution in [1.82, 2.24) is 4.90 Å². The van der Waals surface area contributed by atoms with Crippen LogP contribution in [0.15, 0.2) is 18.2 Å². The third kappa shape index (κ3) is 4.21. The van der Waals surface area contributed by atoms with E-state index in [0.717, 1.165) is 19.3 Å². The van der Waals surface area contributed by atoms with Crippen molar-refractivity contribution in [2.75, 3.05) is 27.2 Å². The van der Waals surface area contributed by atoms with E-state index in [1.54, 1.807) is 18.2 Å². The van der Waals surface area contributed by atoms with Gasteiger partial charge in [0, 0.05) is 11.6 Å². The van der Waals surface area contributed by atoms with Crippen LogP contribution in [0.25, 0.3) is 0 Å². The molecule has 0 aromatic heterocycles.